The maximum absolute atomic E-state index is 5.13. The maximum Gasteiger partial charge on any atom is 0.151 e. The smallest absolute Gasteiger partial charge is 0.151 e. The first-order valence-corrected chi connectivity index (χ1v) is 6.72. The molecule has 20 heavy (non-hydrogen) atoms. The average molecular weight is 272 g/mol. The molecule has 106 valence electrons. The molecule has 0 spiro atoms. The molecule has 0 aliphatic carbocycles. The molecule has 0 amide bonds. The Hall–Kier alpha value is -2.14. The highest BCUT2D eigenvalue weighted by molar-refractivity contribution is 5.57. The fourth-order valence-electron chi connectivity index (χ4n) is 1.82. The van der Waals surface area contributed by atoms with Crippen LogP contribution in [-0.4, -0.2) is 23.6 Å². The van der Waals surface area contributed by atoms with Gasteiger partial charge in [-0.15, -0.1) is 0 Å². The van der Waals surface area contributed by atoms with E-state index in [2.05, 4.69) is 27.5 Å². The number of nitrogens with one attached hydrogen (secondary N) is 2. The van der Waals surface area contributed by atoms with Crippen LogP contribution in [0.3, 0.4) is 0 Å². The summed E-state index contributed by atoms with van der Waals surface area (Å²) < 4.78 is 5.13. The Morgan fingerprint density at radius 2 is 2.05 bits per heavy atom. The van der Waals surface area contributed by atoms with Gasteiger partial charge in [-0.25, -0.2) is 4.98 Å². The zero-order valence-electron chi connectivity index (χ0n) is 11.9. The van der Waals surface area contributed by atoms with Crippen LogP contribution in [0.15, 0.2) is 36.7 Å². The van der Waals surface area contributed by atoms with Crippen molar-refractivity contribution in [3.63, 3.8) is 0 Å². The third-order valence-corrected chi connectivity index (χ3v) is 2.70. The zero-order chi connectivity index (χ0) is 14.2. The van der Waals surface area contributed by atoms with Gasteiger partial charge >= 0.3 is 0 Å². The van der Waals surface area contributed by atoms with Gasteiger partial charge in [0.05, 0.1) is 19.0 Å². The quantitative estimate of drug-likeness (QED) is 0.810. The molecule has 0 aliphatic rings. The minimum Gasteiger partial charge on any atom is -0.380 e. The van der Waals surface area contributed by atoms with E-state index in [1.54, 1.807) is 19.5 Å². The molecule has 0 unspecified atom stereocenters. The molecule has 2 N–H and O–H groups in total. The summed E-state index contributed by atoms with van der Waals surface area (Å²) in [5.74, 6) is 1.51. The molecule has 0 saturated heterocycles. The van der Waals surface area contributed by atoms with Crippen LogP contribution in [0.4, 0.5) is 17.3 Å². The second kappa shape index (κ2) is 7.45. The van der Waals surface area contributed by atoms with Gasteiger partial charge in [0.15, 0.2) is 5.82 Å². The molecular weight excluding hydrogens is 252 g/mol. The predicted molar refractivity (Wildman–Crippen MR) is 81.3 cm³/mol. The molecule has 2 rings (SSSR count). The summed E-state index contributed by atoms with van der Waals surface area (Å²) in [6.07, 6.45) is 4.49. The molecule has 0 atom stereocenters. The fraction of sp³-hybridized carbons (Fsp3) is 0.333. The third-order valence-electron chi connectivity index (χ3n) is 2.70. The molecule has 5 heteroatoms. The van der Waals surface area contributed by atoms with Gasteiger partial charge in [-0.1, -0.05) is 19.1 Å². The van der Waals surface area contributed by atoms with Crippen LogP contribution in [0.1, 0.15) is 18.9 Å². The predicted octanol–water partition coefficient (Wildman–Crippen LogP) is 3.19. The van der Waals surface area contributed by atoms with Crippen molar-refractivity contribution in [1.29, 1.82) is 0 Å². The number of hydrogen-bond donors (Lipinski definition) is 2. The van der Waals surface area contributed by atoms with Crippen LogP contribution in [0.25, 0.3) is 0 Å². The summed E-state index contributed by atoms with van der Waals surface area (Å²) in [4.78, 5) is 8.65. The van der Waals surface area contributed by atoms with Crippen molar-refractivity contribution in [2.24, 2.45) is 0 Å². The SMILES string of the molecule is CCCNc1cncc(Nc2cccc(COC)c2)n1. The van der Waals surface area contributed by atoms with Crippen LogP contribution in [-0.2, 0) is 11.3 Å². The first-order chi connectivity index (χ1) is 9.81. The van der Waals surface area contributed by atoms with Gasteiger partial charge in [-0.3, -0.25) is 4.98 Å². The minimum absolute atomic E-state index is 0.597. The summed E-state index contributed by atoms with van der Waals surface area (Å²) in [6, 6.07) is 8.05. The molecule has 1 heterocycles. The molecule has 1 aromatic carbocycles. The minimum atomic E-state index is 0.597. The van der Waals surface area contributed by atoms with Crippen molar-refractivity contribution in [3.8, 4) is 0 Å². The van der Waals surface area contributed by atoms with E-state index in [9.17, 15) is 0 Å². The van der Waals surface area contributed by atoms with E-state index < -0.39 is 0 Å². The van der Waals surface area contributed by atoms with Gasteiger partial charge in [-0.05, 0) is 24.1 Å². The molecule has 0 bridgehead atoms. The Morgan fingerprint density at radius 1 is 1.20 bits per heavy atom. The third kappa shape index (κ3) is 4.20. The lowest BCUT2D eigenvalue weighted by molar-refractivity contribution is 0.185. The van der Waals surface area contributed by atoms with Crippen LogP contribution in [0.5, 0.6) is 0 Å². The zero-order valence-corrected chi connectivity index (χ0v) is 11.9. The summed E-state index contributed by atoms with van der Waals surface area (Å²) in [7, 11) is 1.69. The Morgan fingerprint density at radius 3 is 2.85 bits per heavy atom. The molecule has 2 aromatic rings. The van der Waals surface area contributed by atoms with E-state index in [0.717, 1.165) is 35.9 Å². The van der Waals surface area contributed by atoms with E-state index in [1.807, 2.05) is 24.3 Å². The number of aromatic nitrogens is 2. The standard InChI is InChI=1S/C15H20N4O/c1-3-7-17-14-9-16-10-15(19-14)18-13-6-4-5-12(8-13)11-20-2/h4-6,8-10H,3,7,11H2,1-2H3,(H2,17,18,19). The lowest BCUT2D eigenvalue weighted by Crippen LogP contribution is -2.04. The second-order valence-corrected chi connectivity index (χ2v) is 4.47. The number of anilines is 3. The number of methoxy groups -OCH3 is 1. The van der Waals surface area contributed by atoms with Gasteiger partial charge in [0.2, 0.25) is 0 Å². The summed E-state index contributed by atoms with van der Waals surface area (Å²) in [5.41, 5.74) is 2.09. The number of hydrogen-bond acceptors (Lipinski definition) is 5. The van der Waals surface area contributed by atoms with Crippen LogP contribution in [0.2, 0.25) is 0 Å². The van der Waals surface area contributed by atoms with Crippen molar-refractivity contribution in [1.82, 2.24) is 9.97 Å². The van der Waals surface area contributed by atoms with Crippen LogP contribution < -0.4 is 10.6 Å². The average Bonchev–Trinajstić information content (AvgIpc) is 2.46. The van der Waals surface area contributed by atoms with Gasteiger partial charge in [0.1, 0.15) is 5.82 Å². The van der Waals surface area contributed by atoms with Gasteiger partial charge < -0.3 is 15.4 Å². The number of nitrogens with zero attached hydrogens (tertiary/aromatic N) is 2. The van der Waals surface area contributed by atoms with Crippen molar-refractivity contribution < 1.29 is 4.74 Å². The lowest BCUT2D eigenvalue weighted by atomic mass is 10.2. The molecule has 1 aromatic heterocycles. The van der Waals surface area contributed by atoms with E-state index >= 15 is 0 Å². The molecule has 0 saturated carbocycles. The Balaban J connectivity index is 2.07. The first kappa shape index (κ1) is 14.3. The van der Waals surface area contributed by atoms with Crippen molar-refractivity contribution in [3.05, 3.63) is 42.2 Å². The Labute approximate surface area is 119 Å². The monoisotopic (exact) mass is 272 g/mol. The Bertz CT molecular complexity index is 545. The molecule has 0 fully saturated rings. The second-order valence-electron chi connectivity index (χ2n) is 4.47. The number of benzene rings is 1. The van der Waals surface area contributed by atoms with Gasteiger partial charge in [0, 0.05) is 19.3 Å². The summed E-state index contributed by atoms with van der Waals surface area (Å²) >= 11 is 0. The highest BCUT2D eigenvalue weighted by atomic mass is 16.5. The normalized spacial score (nSPS) is 10.3. The molecule has 0 radical (unpaired) electrons. The van der Waals surface area contributed by atoms with Crippen LogP contribution in [0, 0.1) is 0 Å². The van der Waals surface area contributed by atoms with E-state index in [4.69, 9.17) is 4.74 Å². The molecule has 5 nitrogen and oxygen atoms in total. The van der Waals surface area contributed by atoms with Crippen molar-refractivity contribution in [2.75, 3.05) is 24.3 Å². The van der Waals surface area contributed by atoms with Crippen molar-refractivity contribution in [2.45, 2.75) is 20.0 Å². The summed E-state index contributed by atoms with van der Waals surface area (Å²) in [5, 5.41) is 6.47. The highest BCUT2D eigenvalue weighted by Crippen LogP contribution is 2.17. The van der Waals surface area contributed by atoms with Crippen molar-refractivity contribution >= 4 is 17.3 Å². The number of ether oxygens (including phenoxy) is 1. The fourth-order valence-corrected chi connectivity index (χ4v) is 1.82. The van der Waals surface area contributed by atoms with E-state index in [1.165, 1.54) is 0 Å². The molecule has 0 aliphatic heterocycles. The van der Waals surface area contributed by atoms with E-state index in [0.29, 0.717) is 6.61 Å². The summed E-state index contributed by atoms with van der Waals surface area (Å²) in [6.45, 7) is 3.60. The highest BCUT2D eigenvalue weighted by Gasteiger charge is 2.00. The molecular formula is C15H20N4O. The van der Waals surface area contributed by atoms with Gasteiger partial charge in [-0.2, -0.15) is 0 Å². The topological polar surface area (TPSA) is 59.1 Å². The lowest BCUT2D eigenvalue weighted by Gasteiger charge is -2.09. The van der Waals surface area contributed by atoms with Crippen LogP contribution >= 0.6 is 0 Å². The Kier molecular flexibility index (Phi) is 5.32. The number of rotatable bonds is 7. The first-order valence-electron chi connectivity index (χ1n) is 6.72. The van der Waals surface area contributed by atoms with E-state index in [-0.39, 0.29) is 0 Å². The maximum atomic E-state index is 5.13. The largest absolute Gasteiger partial charge is 0.380 e. The van der Waals surface area contributed by atoms with Gasteiger partial charge in [0.25, 0.3) is 0 Å².